The molecule has 136 valence electrons. The molecule has 1 aliphatic rings. The van der Waals surface area contributed by atoms with Crippen LogP contribution < -0.4 is 5.32 Å². The summed E-state index contributed by atoms with van der Waals surface area (Å²) in [6.07, 6.45) is 1.20. The van der Waals surface area contributed by atoms with Crippen molar-refractivity contribution >= 4 is 32.2 Å². The summed E-state index contributed by atoms with van der Waals surface area (Å²) in [5, 5.41) is 10.0. The van der Waals surface area contributed by atoms with E-state index in [1.165, 1.54) is 38.4 Å². The smallest absolute Gasteiger partial charge is 0.0622 e. The van der Waals surface area contributed by atoms with Gasteiger partial charge in [0, 0.05) is 24.3 Å². The minimum Gasteiger partial charge on any atom is -0.315 e. The summed E-state index contributed by atoms with van der Waals surface area (Å²) < 4.78 is 1.38. The average Bonchev–Trinajstić information content (AvgIpc) is 2.95. The van der Waals surface area contributed by atoms with Gasteiger partial charge in [-0.2, -0.15) is 0 Å². The first kappa shape index (κ1) is 16.9. The van der Waals surface area contributed by atoms with Gasteiger partial charge in [-0.25, -0.2) is 0 Å². The van der Waals surface area contributed by atoms with Gasteiger partial charge >= 0.3 is 0 Å². The molecule has 3 heteroatoms. The first-order valence-electron chi connectivity index (χ1n) is 9.80. The molecular weight excluding hydrogens is 348 g/mol. The van der Waals surface area contributed by atoms with Crippen LogP contribution in [0.3, 0.4) is 0 Å². The number of hydrogen-bond acceptors (Lipinski definition) is 3. The molecule has 1 fully saturated rings. The first-order chi connectivity index (χ1) is 13.4. The summed E-state index contributed by atoms with van der Waals surface area (Å²) in [6.45, 7) is 4.38. The molecular formula is C24H24N2S. The Bertz CT molecular complexity index is 1050. The van der Waals surface area contributed by atoms with Crippen LogP contribution in [0.1, 0.15) is 23.6 Å². The topological polar surface area (TPSA) is 15.3 Å². The molecule has 0 radical (unpaired) electrons. The van der Waals surface area contributed by atoms with Crippen LogP contribution in [0.4, 0.5) is 0 Å². The Labute approximate surface area is 164 Å². The Morgan fingerprint density at radius 3 is 2.56 bits per heavy atom. The van der Waals surface area contributed by atoms with Crippen molar-refractivity contribution in [1.29, 1.82) is 0 Å². The fourth-order valence-corrected chi connectivity index (χ4v) is 5.36. The Balaban J connectivity index is 1.72. The Morgan fingerprint density at radius 1 is 0.778 bits per heavy atom. The van der Waals surface area contributed by atoms with E-state index in [0.29, 0.717) is 6.04 Å². The van der Waals surface area contributed by atoms with Gasteiger partial charge in [-0.3, -0.25) is 4.90 Å². The average molecular weight is 373 g/mol. The van der Waals surface area contributed by atoms with E-state index in [0.717, 1.165) is 26.2 Å². The molecule has 1 aromatic heterocycles. The van der Waals surface area contributed by atoms with Gasteiger partial charge in [-0.15, -0.1) is 11.3 Å². The summed E-state index contributed by atoms with van der Waals surface area (Å²) in [5.74, 6) is 0. The van der Waals surface area contributed by atoms with E-state index in [-0.39, 0.29) is 0 Å². The van der Waals surface area contributed by atoms with Gasteiger partial charge in [-0.05, 0) is 51.7 Å². The highest BCUT2D eigenvalue weighted by atomic mass is 32.1. The van der Waals surface area contributed by atoms with Crippen LogP contribution in [0.15, 0.2) is 72.1 Å². The maximum absolute atomic E-state index is 3.56. The monoisotopic (exact) mass is 372 g/mol. The molecule has 0 saturated carbocycles. The summed E-state index contributed by atoms with van der Waals surface area (Å²) in [5.41, 5.74) is 2.88. The van der Waals surface area contributed by atoms with Crippen molar-refractivity contribution in [1.82, 2.24) is 10.2 Å². The first-order valence-corrected chi connectivity index (χ1v) is 10.7. The van der Waals surface area contributed by atoms with Crippen molar-refractivity contribution in [3.05, 3.63) is 83.2 Å². The van der Waals surface area contributed by atoms with E-state index in [1.54, 1.807) is 0 Å². The zero-order valence-electron chi connectivity index (χ0n) is 15.4. The SMILES string of the molecule is c1ccc2c(C(c3csc4ccccc34)N3CCCNCC3)cccc2c1. The van der Waals surface area contributed by atoms with Crippen LogP contribution in [0.25, 0.3) is 20.9 Å². The molecule has 1 saturated heterocycles. The second kappa shape index (κ2) is 7.43. The molecule has 5 rings (SSSR count). The van der Waals surface area contributed by atoms with Crippen molar-refractivity contribution in [2.45, 2.75) is 12.5 Å². The maximum Gasteiger partial charge on any atom is 0.0622 e. The molecule has 0 aliphatic carbocycles. The Hall–Kier alpha value is -2.20. The molecule has 2 heterocycles. The number of benzene rings is 3. The summed E-state index contributed by atoms with van der Waals surface area (Å²) in [7, 11) is 0. The van der Waals surface area contributed by atoms with Crippen molar-refractivity contribution in [3.8, 4) is 0 Å². The second-order valence-electron chi connectivity index (χ2n) is 7.30. The number of rotatable bonds is 3. The molecule has 1 aliphatic heterocycles. The lowest BCUT2D eigenvalue weighted by molar-refractivity contribution is 0.243. The van der Waals surface area contributed by atoms with Crippen LogP contribution in [0, 0.1) is 0 Å². The molecule has 1 unspecified atom stereocenters. The van der Waals surface area contributed by atoms with E-state index in [4.69, 9.17) is 0 Å². The van der Waals surface area contributed by atoms with Crippen molar-refractivity contribution < 1.29 is 0 Å². The number of fused-ring (bicyclic) bond motifs is 2. The van der Waals surface area contributed by atoms with Crippen LogP contribution in [0.5, 0.6) is 0 Å². The van der Waals surface area contributed by atoms with Crippen LogP contribution >= 0.6 is 11.3 Å². The summed E-state index contributed by atoms with van der Waals surface area (Å²) >= 11 is 1.87. The third kappa shape index (κ3) is 3.16. The number of nitrogens with one attached hydrogen (secondary N) is 1. The molecule has 2 nitrogen and oxygen atoms in total. The van der Waals surface area contributed by atoms with Gasteiger partial charge in [-0.1, -0.05) is 60.7 Å². The maximum atomic E-state index is 3.56. The molecule has 0 bridgehead atoms. The Morgan fingerprint density at radius 2 is 1.59 bits per heavy atom. The minimum atomic E-state index is 0.298. The second-order valence-corrected chi connectivity index (χ2v) is 8.21. The predicted octanol–water partition coefficient (Wildman–Crippen LogP) is 5.44. The van der Waals surface area contributed by atoms with Gasteiger partial charge in [0.15, 0.2) is 0 Å². The lowest BCUT2D eigenvalue weighted by Gasteiger charge is -2.32. The molecule has 1 N–H and O–H groups in total. The van der Waals surface area contributed by atoms with E-state index < -0.39 is 0 Å². The molecule has 27 heavy (non-hydrogen) atoms. The third-order valence-electron chi connectivity index (χ3n) is 5.66. The van der Waals surface area contributed by atoms with Gasteiger partial charge in [0.05, 0.1) is 6.04 Å². The predicted molar refractivity (Wildman–Crippen MR) is 117 cm³/mol. The van der Waals surface area contributed by atoms with Crippen LogP contribution in [0.2, 0.25) is 0 Å². The standard InChI is InChI=1S/C24H24N2S/c1-2-9-19-18(7-1)8-5-11-21(19)24(26-15-6-13-25-14-16-26)22-17-27-23-12-4-3-10-20(22)23/h1-5,7-12,17,24-25H,6,13-16H2. The highest BCUT2D eigenvalue weighted by molar-refractivity contribution is 7.17. The van der Waals surface area contributed by atoms with Gasteiger partial charge < -0.3 is 5.32 Å². The zero-order chi connectivity index (χ0) is 18.1. The van der Waals surface area contributed by atoms with E-state index >= 15 is 0 Å². The normalized spacial score (nSPS) is 17.2. The molecule has 1 atom stereocenters. The van der Waals surface area contributed by atoms with E-state index in [2.05, 4.69) is 82.3 Å². The van der Waals surface area contributed by atoms with E-state index in [9.17, 15) is 0 Å². The van der Waals surface area contributed by atoms with Gasteiger partial charge in [0.2, 0.25) is 0 Å². The highest BCUT2D eigenvalue weighted by Crippen LogP contribution is 2.39. The summed E-state index contributed by atoms with van der Waals surface area (Å²) in [6, 6.07) is 24.7. The quantitative estimate of drug-likeness (QED) is 0.515. The number of thiophene rings is 1. The fourth-order valence-electron chi connectivity index (χ4n) is 4.38. The third-order valence-corrected chi connectivity index (χ3v) is 6.64. The molecule has 0 amide bonds. The lowest BCUT2D eigenvalue weighted by Crippen LogP contribution is -2.33. The van der Waals surface area contributed by atoms with E-state index in [1.807, 2.05) is 11.3 Å². The van der Waals surface area contributed by atoms with Gasteiger partial charge in [0.25, 0.3) is 0 Å². The number of nitrogens with zero attached hydrogens (tertiary/aromatic N) is 1. The van der Waals surface area contributed by atoms with Crippen LogP contribution in [-0.4, -0.2) is 31.1 Å². The summed E-state index contributed by atoms with van der Waals surface area (Å²) in [4.78, 5) is 2.68. The fraction of sp³-hybridized carbons (Fsp3) is 0.250. The highest BCUT2D eigenvalue weighted by Gasteiger charge is 2.26. The molecule has 3 aromatic carbocycles. The number of hydrogen-bond donors (Lipinski definition) is 1. The minimum absolute atomic E-state index is 0.298. The van der Waals surface area contributed by atoms with Crippen LogP contribution in [-0.2, 0) is 0 Å². The Kier molecular flexibility index (Phi) is 4.66. The molecule has 4 aromatic rings. The molecule has 0 spiro atoms. The van der Waals surface area contributed by atoms with Crippen molar-refractivity contribution in [2.75, 3.05) is 26.2 Å². The lowest BCUT2D eigenvalue weighted by atomic mass is 9.92. The zero-order valence-corrected chi connectivity index (χ0v) is 16.2. The van der Waals surface area contributed by atoms with Gasteiger partial charge in [0.1, 0.15) is 0 Å². The van der Waals surface area contributed by atoms with Crippen molar-refractivity contribution in [2.24, 2.45) is 0 Å². The van der Waals surface area contributed by atoms with Crippen molar-refractivity contribution in [3.63, 3.8) is 0 Å². The largest absolute Gasteiger partial charge is 0.315 e.